The van der Waals surface area contributed by atoms with E-state index in [1.807, 2.05) is 6.92 Å². The predicted molar refractivity (Wildman–Crippen MR) is 63.5 cm³/mol. The molecule has 0 fully saturated rings. The number of nitrogens with zero attached hydrogens (tertiary/aromatic N) is 1. The fraction of sp³-hybridized carbons (Fsp3) is 0.364. The molecule has 0 spiro atoms. The third-order valence-electron chi connectivity index (χ3n) is 2.27. The highest BCUT2D eigenvalue weighted by molar-refractivity contribution is 5.78. The number of hydrogen-bond acceptors (Lipinski definition) is 4. The van der Waals surface area contributed by atoms with E-state index in [-0.39, 0.29) is 24.1 Å². The van der Waals surface area contributed by atoms with Gasteiger partial charge in [0, 0.05) is 24.7 Å². The van der Waals surface area contributed by atoms with Crippen LogP contribution in [0.2, 0.25) is 0 Å². The Kier molecular flexibility index (Phi) is 4.59. The summed E-state index contributed by atoms with van der Waals surface area (Å²) in [6, 6.07) is 5.85. The average molecular weight is 237 g/mol. The molecule has 6 heteroatoms. The van der Waals surface area contributed by atoms with E-state index >= 15 is 0 Å². The normalized spacial score (nSPS) is 11.9. The molecule has 1 aromatic rings. The van der Waals surface area contributed by atoms with Gasteiger partial charge in [-0.25, -0.2) is 0 Å². The van der Waals surface area contributed by atoms with E-state index in [9.17, 15) is 14.9 Å². The van der Waals surface area contributed by atoms with Crippen molar-refractivity contribution in [1.82, 2.24) is 5.32 Å². The van der Waals surface area contributed by atoms with Gasteiger partial charge in [0.2, 0.25) is 5.91 Å². The van der Waals surface area contributed by atoms with Crippen LogP contribution in [0, 0.1) is 10.1 Å². The maximum Gasteiger partial charge on any atom is 0.269 e. The highest BCUT2D eigenvalue weighted by Gasteiger charge is 2.08. The molecule has 1 rings (SSSR count). The first-order chi connectivity index (χ1) is 8.02. The Morgan fingerprint density at radius 1 is 1.47 bits per heavy atom. The molecule has 3 N–H and O–H groups in total. The summed E-state index contributed by atoms with van der Waals surface area (Å²) in [5.74, 6) is -0.142. The molecule has 0 saturated heterocycles. The van der Waals surface area contributed by atoms with Gasteiger partial charge in [-0.3, -0.25) is 14.9 Å². The van der Waals surface area contributed by atoms with Gasteiger partial charge in [-0.15, -0.1) is 0 Å². The number of carbonyl (C=O) groups is 1. The number of carbonyl (C=O) groups excluding carboxylic acids is 1. The Hall–Kier alpha value is -1.95. The predicted octanol–water partition coefficient (Wildman–Crippen LogP) is 0.601. The highest BCUT2D eigenvalue weighted by atomic mass is 16.6. The SMILES string of the molecule is C[C@@H](CN)NC(=O)Cc1ccc([N+](=O)[O-])cc1. The van der Waals surface area contributed by atoms with Crippen molar-refractivity contribution < 1.29 is 9.72 Å². The maximum atomic E-state index is 11.5. The number of benzene rings is 1. The topological polar surface area (TPSA) is 98.3 Å². The summed E-state index contributed by atoms with van der Waals surface area (Å²) in [7, 11) is 0. The lowest BCUT2D eigenvalue weighted by atomic mass is 10.1. The Morgan fingerprint density at radius 2 is 2.06 bits per heavy atom. The van der Waals surface area contributed by atoms with Crippen molar-refractivity contribution in [3.05, 3.63) is 39.9 Å². The van der Waals surface area contributed by atoms with E-state index in [4.69, 9.17) is 5.73 Å². The maximum absolute atomic E-state index is 11.5. The van der Waals surface area contributed by atoms with E-state index in [0.29, 0.717) is 6.54 Å². The number of nitro benzene ring substituents is 1. The Labute approximate surface area is 99.0 Å². The Balaban J connectivity index is 2.57. The van der Waals surface area contributed by atoms with Crippen molar-refractivity contribution in [2.75, 3.05) is 6.54 Å². The molecule has 0 aromatic heterocycles. The Bertz CT molecular complexity index is 403. The van der Waals surface area contributed by atoms with E-state index < -0.39 is 4.92 Å². The molecule has 0 radical (unpaired) electrons. The zero-order valence-electron chi connectivity index (χ0n) is 9.55. The lowest BCUT2D eigenvalue weighted by Crippen LogP contribution is -2.38. The minimum atomic E-state index is -0.472. The second-order valence-corrected chi connectivity index (χ2v) is 3.80. The average Bonchev–Trinajstić information content (AvgIpc) is 2.29. The lowest BCUT2D eigenvalue weighted by Gasteiger charge is -2.10. The van der Waals surface area contributed by atoms with E-state index in [1.54, 1.807) is 12.1 Å². The van der Waals surface area contributed by atoms with Gasteiger partial charge in [-0.1, -0.05) is 12.1 Å². The molecule has 0 unspecified atom stereocenters. The van der Waals surface area contributed by atoms with Crippen molar-refractivity contribution in [3.63, 3.8) is 0 Å². The number of hydrogen-bond donors (Lipinski definition) is 2. The van der Waals surface area contributed by atoms with Gasteiger partial charge in [-0.2, -0.15) is 0 Å². The van der Waals surface area contributed by atoms with Crippen molar-refractivity contribution in [2.24, 2.45) is 5.73 Å². The molecule has 1 amide bonds. The second kappa shape index (κ2) is 5.95. The summed E-state index contributed by atoms with van der Waals surface area (Å²) in [5.41, 5.74) is 6.13. The standard InChI is InChI=1S/C11H15N3O3/c1-8(7-12)13-11(15)6-9-2-4-10(5-3-9)14(16)17/h2-5,8H,6-7,12H2,1H3,(H,13,15)/t8-/m0/s1. The first-order valence-electron chi connectivity index (χ1n) is 5.25. The zero-order valence-corrected chi connectivity index (χ0v) is 9.55. The van der Waals surface area contributed by atoms with Gasteiger partial charge in [0.05, 0.1) is 11.3 Å². The quantitative estimate of drug-likeness (QED) is 0.578. The van der Waals surface area contributed by atoms with Crippen LogP contribution in [0.4, 0.5) is 5.69 Å². The molecule has 6 nitrogen and oxygen atoms in total. The van der Waals surface area contributed by atoms with Crippen LogP contribution in [-0.2, 0) is 11.2 Å². The molecule has 92 valence electrons. The summed E-state index contributed by atoms with van der Waals surface area (Å²) >= 11 is 0. The van der Waals surface area contributed by atoms with Gasteiger partial charge in [0.1, 0.15) is 0 Å². The van der Waals surface area contributed by atoms with Crippen LogP contribution in [0.25, 0.3) is 0 Å². The van der Waals surface area contributed by atoms with Crippen LogP contribution < -0.4 is 11.1 Å². The summed E-state index contributed by atoms with van der Waals surface area (Å²) in [4.78, 5) is 21.5. The third kappa shape index (κ3) is 4.20. The van der Waals surface area contributed by atoms with Crippen LogP contribution >= 0.6 is 0 Å². The van der Waals surface area contributed by atoms with E-state index in [2.05, 4.69) is 5.32 Å². The summed E-state index contributed by atoms with van der Waals surface area (Å²) < 4.78 is 0. The van der Waals surface area contributed by atoms with Crippen LogP contribution in [0.15, 0.2) is 24.3 Å². The highest BCUT2D eigenvalue weighted by Crippen LogP contribution is 2.12. The largest absolute Gasteiger partial charge is 0.352 e. The van der Waals surface area contributed by atoms with Crippen LogP contribution in [0.3, 0.4) is 0 Å². The van der Waals surface area contributed by atoms with Gasteiger partial charge in [0.25, 0.3) is 5.69 Å². The fourth-order valence-corrected chi connectivity index (χ4v) is 1.31. The zero-order chi connectivity index (χ0) is 12.8. The second-order valence-electron chi connectivity index (χ2n) is 3.80. The minimum absolute atomic E-state index is 0.0180. The number of nitrogens with one attached hydrogen (secondary N) is 1. The van der Waals surface area contributed by atoms with Crippen LogP contribution in [0.1, 0.15) is 12.5 Å². The number of nitrogens with two attached hydrogens (primary N) is 1. The van der Waals surface area contributed by atoms with Gasteiger partial charge < -0.3 is 11.1 Å². The van der Waals surface area contributed by atoms with Crippen molar-refractivity contribution in [1.29, 1.82) is 0 Å². The monoisotopic (exact) mass is 237 g/mol. The minimum Gasteiger partial charge on any atom is -0.352 e. The first kappa shape index (κ1) is 13.1. The smallest absolute Gasteiger partial charge is 0.269 e. The first-order valence-corrected chi connectivity index (χ1v) is 5.25. The molecule has 0 saturated carbocycles. The summed E-state index contributed by atoms with van der Waals surface area (Å²) in [6.07, 6.45) is 0.197. The molecular weight excluding hydrogens is 222 g/mol. The molecule has 0 aliphatic carbocycles. The molecular formula is C11H15N3O3. The van der Waals surface area contributed by atoms with Gasteiger partial charge in [0.15, 0.2) is 0 Å². The van der Waals surface area contributed by atoms with Crippen molar-refractivity contribution >= 4 is 11.6 Å². The fourth-order valence-electron chi connectivity index (χ4n) is 1.31. The lowest BCUT2D eigenvalue weighted by molar-refractivity contribution is -0.384. The van der Waals surface area contributed by atoms with Gasteiger partial charge in [-0.05, 0) is 12.5 Å². The van der Waals surface area contributed by atoms with E-state index in [0.717, 1.165) is 5.56 Å². The van der Waals surface area contributed by atoms with E-state index in [1.165, 1.54) is 12.1 Å². The molecule has 0 aliphatic heterocycles. The molecule has 0 aliphatic rings. The molecule has 17 heavy (non-hydrogen) atoms. The number of non-ortho nitro benzene ring substituents is 1. The molecule has 1 aromatic carbocycles. The molecule has 0 bridgehead atoms. The Morgan fingerprint density at radius 3 is 2.53 bits per heavy atom. The van der Waals surface area contributed by atoms with Gasteiger partial charge >= 0.3 is 0 Å². The van der Waals surface area contributed by atoms with Crippen LogP contribution in [-0.4, -0.2) is 23.4 Å². The number of rotatable bonds is 5. The molecule has 0 heterocycles. The van der Waals surface area contributed by atoms with Crippen LogP contribution in [0.5, 0.6) is 0 Å². The summed E-state index contributed by atoms with van der Waals surface area (Å²) in [6.45, 7) is 2.19. The third-order valence-corrected chi connectivity index (χ3v) is 2.27. The van der Waals surface area contributed by atoms with Crippen molar-refractivity contribution in [3.8, 4) is 0 Å². The number of amides is 1. The summed E-state index contributed by atoms with van der Waals surface area (Å²) in [5, 5.41) is 13.1. The molecule has 1 atom stereocenters. The number of nitro groups is 1. The van der Waals surface area contributed by atoms with Crippen molar-refractivity contribution in [2.45, 2.75) is 19.4 Å².